The number of aromatic nitrogens is 1. The van der Waals surface area contributed by atoms with Crippen LogP contribution in [0.3, 0.4) is 0 Å². The fourth-order valence-electron chi connectivity index (χ4n) is 2.41. The number of rotatable bonds is 3. The summed E-state index contributed by atoms with van der Waals surface area (Å²) in [6.45, 7) is 6.80. The fraction of sp³-hybridized carbons (Fsp3) is 0.769. The van der Waals surface area contributed by atoms with Crippen LogP contribution in [0, 0.1) is 5.41 Å². The van der Waals surface area contributed by atoms with Crippen molar-refractivity contribution in [3.8, 4) is 0 Å². The quantitative estimate of drug-likeness (QED) is 0.923. The van der Waals surface area contributed by atoms with Gasteiger partial charge in [-0.2, -0.15) is 0 Å². The lowest BCUT2D eigenvalue weighted by molar-refractivity contribution is 0.343. The molecule has 2 rings (SSSR count). The molecule has 1 saturated heterocycles. The number of thiazole rings is 1. The van der Waals surface area contributed by atoms with E-state index in [1.165, 1.54) is 0 Å². The molecule has 1 aliphatic rings. The number of hydrogen-bond donors (Lipinski definition) is 1. The number of nitrogens with two attached hydrogens (primary N) is 1. The predicted molar refractivity (Wildman–Crippen MR) is 79.3 cm³/mol. The smallest absolute Gasteiger partial charge is 0.150 e. The first kappa shape index (κ1) is 14.9. The van der Waals surface area contributed by atoms with Crippen LogP contribution in [-0.2, 0) is 21.7 Å². The van der Waals surface area contributed by atoms with Crippen molar-refractivity contribution in [3.63, 3.8) is 0 Å². The normalized spacial score (nSPS) is 26.7. The van der Waals surface area contributed by atoms with Gasteiger partial charge in [0.25, 0.3) is 0 Å². The average Bonchev–Trinajstić information content (AvgIpc) is 2.84. The van der Waals surface area contributed by atoms with Crippen molar-refractivity contribution in [2.75, 3.05) is 18.1 Å². The first-order chi connectivity index (χ1) is 8.66. The summed E-state index contributed by atoms with van der Waals surface area (Å²) in [5.41, 5.74) is 6.65. The standard InChI is InChI=1S/C13H22N2O2S2/c1-12(2,3)10-7-18-11(15-10)6-13(8-14)4-5-19(16,17)9-13/h7H,4-6,8-9,14H2,1-3H3. The van der Waals surface area contributed by atoms with Crippen LogP contribution in [0.5, 0.6) is 0 Å². The fourth-order valence-corrected chi connectivity index (χ4v) is 5.79. The first-order valence-corrected chi connectivity index (χ1v) is 9.21. The van der Waals surface area contributed by atoms with Crippen molar-refractivity contribution < 1.29 is 8.42 Å². The molecule has 1 aromatic heterocycles. The summed E-state index contributed by atoms with van der Waals surface area (Å²) < 4.78 is 23.4. The van der Waals surface area contributed by atoms with Crippen molar-refractivity contribution in [2.24, 2.45) is 11.1 Å². The zero-order chi connectivity index (χ0) is 14.3. The molecular formula is C13H22N2O2S2. The largest absolute Gasteiger partial charge is 0.330 e. The molecule has 108 valence electrons. The predicted octanol–water partition coefficient (Wildman–Crippen LogP) is 1.75. The van der Waals surface area contributed by atoms with E-state index in [-0.39, 0.29) is 22.3 Å². The molecule has 4 nitrogen and oxygen atoms in total. The van der Waals surface area contributed by atoms with Crippen LogP contribution in [0.2, 0.25) is 0 Å². The number of hydrogen-bond acceptors (Lipinski definition) is 5. The summed E-state index contributed by atoms with van der Waals surface area (Å²) in [6.07, 6.45) is 1.35. The molecule has 0 bridgehead atoms. The zero-order valence-corrected chi connectivity index (χ0v) is 13.4. The second kappa shape index (κ2) is 4.82. The lowest BCUT2D eigenvalue weighted by Crippen LogP contribution is -2.34. The Morgan fingerprint density at radius 1 is 1.47 bits per heavy atom. The Morgan fingerprint density at radius 2 is 2.16 bits per heavy atom. The van der Waals surface area contributed by atoms with Gasteiger partial charge in [-0.05, 0) is 13.0 Å². The maximum atomic E-state index is 11.7. The molecule has 1 aromatic rings. The van der Waals surface area contributed by atoms with E-state index < -0.39 is 9.84 Å². The monoisotopic (exact) mass is 302 g/mol. The van der Waals surface area contributed by atoms with Gasteiger partial charge in [-0.15, -0.1) is 11.3 Å². The minimum Gasteiger partial charge on any atom is -0.330 e. The Labute approximate surface area is 119 Å². The highest BCUT2D eigenvalue weighted by atomic mass is 32.2. The third kappa shape index (κ3) is 3.35. The van der Waals surface area contributed by atoms with Crippen LogP contribution >= 0.6 is 11.3 Å². The second-order valence-electron chi connectivity index (χ2n) is 6.60. The molecule has 0 spiro atoms. The summed E-state index contributed by atoms with van der Waals surface area (Å²) in [4.78, 5) is 4.65. The maximum absolute atomic E-state index is 11.7. The van der Waals surface area contributed by atoms with Gasteiger partial charge in [0, 0.05) is 22.6 Å². The molecule has 2 N–H and O–H groups in total. The third-order valence-electron chi connectivity index (χ3n) is 3.75. The van der Waals surface area contributed by atoms with Crippen LogP contribution in [0.1, 0.15) is 37.9 Å². The third-order valence-corrected chi connectivity index (χ3v) is 6.48. The van der Waals surface area contributed by atoms with E-state index in [4.69, 9.17) is 5.73 Å². The molecule has 19 heavy (non-hydrogen) atoms. The highest BCUT2D eigenvalue weighted by Gasteiger charge is 2.41. The lowest BCUT2D eigenvalue weighted by Gasteiger charge is -2.24. The summed E-state index contributed by atoms with van der Waals surface area (Å²) in [6, 6.07) is 0. The van der Waals surface area contributed by atoms with Gasteiger partial charge in [-0.3, -0.25) is 0 Å². The van der Waals surface area contributed by atoms with Crippen LogP contribution < -0.4 is 5.73 Å². The van der Waals surface area contributed by atoms with Crippen LogP contribution in [0.15, 0.2) is 5.38 Å². The molecule has 2 heterocycles. The van der Waals surface area contributed by atoms with E-state index in [0.717, 1.165) is 10.7 Å². The minimum atomic E-state index is -2.91. The van der Waals surface area contributed by atoms with Gasteiger partial charge in [0.05, 0.1) is 22.2 Å². The van der Waals surface area contributed by atoms with Crippen molar-refractivity contribution in [3.05, 3.63) is 16.1 Å². The van der Waals surface area contributed by atoms with Gasteiger partial charge in [0.2, 0.25) is 0 Å². The van der Waals surface area contributed by atoms with Crippen molar-refractivity contribution >= 4 is 21.2 Å². The van der Waals surface area contributed by atoms with Crippen LogP contribution in [0.4, 0.5) is 0 Å². The Kier molecular flexibility index (Phi) is 3.79. The van der Waals surface area contributed by atoms with Gasteiger partial charge < -0.3 is 5.73 Å². The lowest BCUT2D eigenvalue weighted by atomic mass is 9.84. The van der Waals surface area contributed by atoms with Gasteiger partial charge in [0.1, 0.15) is 0 Å². The van der Waals surface area contributed by atoms with Crippen molar-refractivity contribution in [1.82, 2.24) is 4.98 Å². The average molecular weight is 302 g/mol. The van der Waals surface area contributed by atoms with Gasteiger partial charge in [0.15, 0.2) is 9.84 Å². The molecule has 0 radical (unpaired) electrons. The van der Waals surface area contributed by atoms with Crippen molar-refractivity contribution in [2.45, 2.75) is 39.0 Å². The van der Waals surface area contributed by atoms with Gasteiger partial charge in [-0.25, -0.2) is 13.4 Å². The molecule has 1 atom stereocenters. The molecule has 0 saturated carbocycles. The summed E-state index contributed by atoms with van der Waals surface area (Å²) >= 11 is 1.62. The topological polar surface area (TPSA) is 73.1 Å². The molecule has 1 unspecified atom stereocenters. The highest BCUT2D eigenvalue weighted by Crippen LogP contribution is 2.36. The summed E-state index contributed by atoms with van der Waals surface area (Å²) in [5.74, 6) is 0.475. The van der Waals surface area contributed by atoms with E-state index in [0.29, 0.717) is 19.4 Å². The van der Waals surface area contributed by atoms with Crippen LogP contribution in [-0.4, -0.2) is 31.5 Å². The van der Waals surface area contributed by atoms with Crippen LogP contribution in [0.25, 0.3) is 0 Å². The van der Waals surface area contributed by atoms with Gasteiger partial charge in [-0.1, -0.05) is 20.8 Å². The second-order valence-corrected chi connectivity index (χ2v) is 9.73. The van der Waals surface area contributed by atoms with E-state index in [9.17, 15) is 8.42 Å². The van der Waals surface area contributed by atoms with Crippen molar-refractivity contribution in [1.29, 1.82) is 0 Å². The number of nitrogens with zero attached hydrogens (tertiary/aromatic N) is 1. The van der Waals surface area contributed by atoms with E-state index in [2.05, 4.69) is 31.1 Å². The number of sulfone groups is 1. The first-order valence-electron chi connectivity index (χ1n) is 6.51. The Hall–Kier alpha value is -0.460. The summed E-state index contributed by atoms with van der Waals surface area (Å²) in [5, 5.41) is 3.08. The molecular weight excluding hydrogens is 280 g/mol. The summed E-state index contributed by atoms with van der Waals surface area (Å²) in [7, 11) is -2.91. The molecule has 0 aromatic carbocycles. The van der Waals surface area contributed by atoms with E-state index in [1.54, 1.807) is 11.3 Å². The highest BCUT2D eigenvalue weighted by molar-refractivity contribution is 7.91. The van der Waals surface area contributed by atoms with E-state index >= 15 is 0 Å². The van der Waals surface area contributed by atoms with E-state index in [1.807, 2.05) is 0 Å². The molecule has 6 heteroatoms. The Balaban J connectivity index is 2.18. The molecule has 1 fully saturated rings. The Bertz CT molecular complexity index is 557. The Morgan fingerprint density at radius 3 is 2.58 bits per heavy atom. The zero-order valence-electron chi connectivity index (χ0n) is 11.8. The maximum Gasteiger partial charge on any atom is 0.150 e. The molecule has 1 aliphatic heterocycles. The SMILES string of the molecule is CC(C)(C)c1csc(CC2(CN)CCS(=O)(=O)C2)n1. The minimum absolute atomic E-state index is 0.0341. The molecule has 0 aliphatic carbocycles. The molecule has 0 amide bonds. The van der Waals surface area contributed by atoms with Gasteiger partial charge >= 0.3 is 0 Å².